The molecule has 1 N–H and O–H groups in total. The van der Waals surface area contributed by atoms with E-state index < -0.39 is 23.3 Å². The van der Waals surface area contributed by atoms with Crippen LogP contribution in [0.4, 0.5) is 19.0 Å². The van der Waals surface area contributed by atoms with Crippen molar-refractivity contribution in [3.8, 4) is 11.6 Å². The topological polar surface area (TPSA) is 34.2 Å². The molecule has 0 fully saturated rings. The normalized spacial score (nSPS) is 10.4. The number of rotatable bonds is 4. The first-order chi connectivity index (χ1) is 9.51. The molecule has 0 bridgehead atoms. The first-order valence-electron chi connectivity index (χ1n) is 6.05. The molecule has 2 rings (SSSR count). The van der Waals surface area contributed by atoms with Gasteiger partial charge < -0.3 is 10.1 Å². The molecule has 0 amide bonds. The Morgan fingerprint density at radius 3 is 2.50 bits per heavy atom. The summed E-state index contributed by atoms with van der Waals surface area (Å²) in [6, 6.07) is 4.77. The van der Waals surface area contributed by atoms with Crippen LogP contribution in [-0.2, 0) is 0 Å². The predicted molar refractivity (Wildman–Crippen MR) is 69.5 cm³/mol. The molecule has 2 aromatic rings. The van der Waals surface area contributed by atoms with Crippen LogP contribution in [0.2, 0.25) is 0 Å². The fraction of sp³-hybridized carbons (Fsp3) is 0.214. The van der Waals surface area contributed by atoms with E-state index in [1.165, 1.54) is 12.1 Å². The van der Waals surface area contributed by atoms with E-state index in [4.69, 9.17) is 4.74 Å². The van der Waals surface area contributed by atoms with E-state index in [1.54, 1.807) is 13.8 Å². The van der Waals surface area contributed by atoms with Crippen molar-refractivity contribution >= 4 is 5.82 Å². The van der Waals surface area contributed by atoms with Crippen molar-refractivity contribution in [1.82, 2.24) is 4.98 Å². The molecule has 6 heteroatoms. The Morgan fingerprint density at radius 2 is 1.85 bits per heavy atom. The number of hydrogen-bond acceptors (Lipinski definition) is 3. The van der Waals surface area contributed by atoms with Crippen LogP contribution in [0.3, 0.4) is 0 Å². The Kier molecular flexibility index (Phi) is 4.12. The van der Waals surface area contributed by atoms with Gasteiger partial charge in [-0.2, -0.15) is 4.98 Å². The van der Waals surface area contributed by atoms with Crippen molar-refractivity contribution in [3.63, 3.8) is 0 Å². The summed E-state index contributed by atoms with van der Waals surface area (Å²) in [7, 11) is 0. The Hall–Kier alpha value is -2.24. The van der Waals surface area contributed by atoms with Gasteiger partial charge in [0.15, 0.2) is 17.5 Å². The molecule has 3 nitrogen and oxygen atoms in total. The summed E-state index contributed by atoms with van der Waals surface area (Å²) in [6.07, 6.45) is 0. The van der Waals surface area contributed by atoms with Crippen LogP contribution in [0.25, 0.3) is 0 Å². The number of nitrogens with one attached hydrogen (secondary N) is 1. The van der Waals surface area contributed by atoms with Gasteiger partial charge in [-0.15, -0.1) is 0 Å². The van der Waals surface area contributed by atoms with Gasteiger partial charge in [-0.3, -0.25) is 0 Å². The first-order valence-corrected chi connectivity index (χ1v) is 6.05. The molecule has 0 aliphatic carbocycles. The van der Waals surface area contributed by atoms with E-state index in [-0.39, 0.29) is 11.6 Å². The maximum Gasteiger partial charge on any atom is 0.258 e. The Balaban J connectivity index is 2.32. The van der Waals surface area contributed by atoms with Crippen LogP contribution >= 0.6 is 0 Å². The highest BCUT2D eigenvalue weighted by molar-refractivity contribution is 5.41. The van der Waals surface area contributed by atoms with Crippen LogP contribution < -0.4 is 10.1 Å². The molecule has 106 valence electrons. The van der Waals surface area contributed by atoms with E-state index in [2.05, 4.69) is 10.3 Å². The lowest BCUT2D eigenvalue weighted by atomic mass is 10.2. The summed E-state index contributed by atoms with van der Waals surface area (Å²) in [5.74, 6) is -2.68. The maximum atomic E-state index is 13.6. The van der Waals surface area contributed by atoms with E-state index in [0.29, 0.717) is 18.2 Å². The fourth-order valence-corrected chi connectivity index (χ4v) is 1.56. The zero-order valence-electron chi connectivity index (χ0n) is 11.0. The summed E-state index contributed by atoms with van der Waals surface area (Å²) < 4.78 is 45.5. The van der Waals surface area contributed by atoms with Crippen molar-refractivity contribution in [2.45, 2.75) is 13.8 Å². The summed E-state index contributed by atoms with van der Waals surface area (Å²) in [4.78, 5) is 3.70. The molecular formula is C14H13F3N2O. The third-order valence-corrected chi connectivity index (χ3v) is 2.60. The maximum absolute atomic E-state index is 13.6. The lowest BCUT2D eigenvalue weighted by Gasteiger charge is -2.10. The van der Waals surface area contributed by atoms with Gasteiger partial charge in [0.25, 0.3) is 5.88 Å². The molecule has 0 spiro atoms. The van der Waals surface area contributed by atoms with E-state index in [0.717, 1.165) is 6.07 Å². The largest absolute Gasteiger partial charge is 0.436 e. The Morgan fingerprint density at radius 1 is 1.10 bits per heavy atom. The van der Waals surface area contributed by atoms with Gasteiger partial charge in [0, 0.05) is 18.7 Å². The quantitative estimate of drug-likeness (QED) is 0.919. The fourth-order valence-electron chi connectivity index (χ4n) is 1.56. The van der Waals surface area contributed by atoms with Crippen molar-refractivity contribution < 1.29 is 17.9 Å². The molecule has 0 aliphatic heterocycles. The highest BCUT2D eigenvalue weighted by atomic mass is 19.1. The number of benzene rings is 1. The van der Waals surface area contributed by atoms with Crippen LogP contribution in [0, 0.1) is 24.4 Å². The highest BCUT2D eigenvalue weighted by Gasteiger charge is 2.14. The van der Waals surface area contributed by atoms with Gasteiger partial charge in [-0.25, -0.2) is 13.2 Å². The predicted octanol–water partition coefficient (Wildman–Crippen LogP) is 4.03. The smallest absolute Gasteiger partial charge is 0.258 e. The molecule has 1 aromatic carbocycles. The van der Waals surface area contributed by atoms with E-state index in [9.17, 15) is 13.2 Å². The molecule has 0 atom stereocenters. The van der Waals surface area contributed by atoms with E-state index >= 15 is 0 Å². The number of aromatic nitrogens is 1. The minimum Gasteiger partial charge on any atom is -0.436 e. The summed E-state index contributed by atoms with van der Waals surface area (Å²) in [6.45, 7) is 3.77. The summed E-state index contributed by atoms with van der Waals surface area (Å²) in [5.41, 5.74) is 0.443. The van der Waals surface area contributed by atoms with Crippen LogP contribution in [0.15, 0.2) is 24.3 Å². The Labute approximate surface area is 114 Å². The minimum absolute atomic E-state index is 0.0913. The SMILES string of the molecule is CCNc1nc(Oc2ccc(C)c(F)c2)c(F)cc1F. The van der Waals surface area contributed by atoms with Gasteiger partial charge in [-0.1, -0.05) is 6.07 Å². The van der Waals surface area contributed by atoms with Gasteiger partial charge in [-0.05, 0) is 25.5 Å². The summed E-state index contributed by atoms with van der Waals surface area (Å²) >= 11 is 0. The average molecular weight is 282 g/mol. The molecule has 0 aliphatic rings. The number of nitrogens with zero attached hydrogens (tertiary/aromatic N) is 1. The zero-order chi connectivity index (χ0) is 14.7. The molecule has 1 heterocycles. The highest BCUT2D eigenvalue weighted by Crippen LogP contribution is 2.26. The molecule has 0 unspecified atom stereocenters. The van der Waals surface area contributed by atoms with Gasteiger partial charge in [0.1, 0.15) is 11.6 Å². The third-order valence-electron chi connectivity index (χ3n) is 2.60. The van der Waals surface area contributed by atoms with Crippen molar-refractivity contribution in [1.29, 1.82) is 0 Å². The standard InChI is InChI=1S/C14H13F3N2O/c1-3-18-13-11(16)7-12(17)14(19-13)20-9-5-4-8(2)10(15)6-9/h4-7H,3H2,1-2H3,(H,18,19). The second kappa shape index (κ2) is 5.81. The van der Waals surface area contributed by atoms with Crippen molar-refractivity contribution in [2.24, 2.45) is 0 Å². The second-order valence-electron chi connectivity index (χ2n) is 4.15. The molecular weight excluding hydrogens is 269 g/mol. The van der Waals surface area contributed by atoms with Crippen LogP contribution in [0.1, 0.15) is 12.5 Å². The van der Waals surface area contributed by atoms with Gasteiger partial charge in [0.05, 0.1) is 0 Å². The average Bonchev–Trinajstić information content (AvgIpc) is 2.39. The number of halogens is 3. The van der Waals surface area contributed by atoms with Gasteiger partial charge in [0.2, 0.25) is 0 Å². The Bertz CT molecular complexity index is 632. The minimum atomic E-state index is -0.954. The molecule has 0 radical (unpaired) electrons. The third kappa shape index (κ3) is 3.01. The molecule has 0 saturated carbocycles. The number of anilines is 1. The van der Waals surface area contributed by atoms with Crippen LogP contribution in [0.5, 0.6) is 11.6 Å². The van der Waals surface area contributed by atoms with Crippen molar-refractivity contribution in [2.75, 3.05) is 11.9 Å². The number of pyridine rings is 1. The lowest BCUT2D eigenvalue weighted by Crippen LogP contribution is -2.04. The number of aryl methyl sites for hydroxylation is 1. The number of hydrogen-bond donors (Lipinski definition) is 1. The van der Waals surface area contributed by atoms with E-state index in [1.807, 2.05) is 0 Å². The monoisotopic (exact) mass is 282 g/mol. The molecule has 20 heavy (non-hydrogen) atoms. The summed E-state index contributed by atoms with van der Waals surface area (Å²) in [5, 5.41) is 2.64. The second-order valence-corrected chi connectivity index (χ2v) is 4.15. The number of ether oxygens (including phenoxy) is 1. The molecule has 0 saturated heterocycles. The zero-order valence-corrected chi connectivity index (χ0v) is 11.0. The molecule has 1 aromatic heterocycles. The lowest BCUT2D eigenvalue weighted by molar-refractivity contribution is 0.415. The van der Waals surface area contributed by atoms with Crippen molar-refractivity contribution in [3.05, 3.63) is 47.3 Å². The first kappa shape index (κ1) is 14.2. The van der Waals surface area contributed by atoms with Crippen LogP contribution in [-0.4, -0.2) is 11.5 Å². The van der Waals surface area contributed by atoms with Gasteiger partial charge >= 0.3 is 0 Å².